The zero-order valence-electron chi connectivity index (χ0n) is 16.3. The van der Waals surface area contributed by atoms with Crippen molar-refractivity contribution in [3.63, 3.8) is 0 Å². The molecule has 0 saturated carbocycles. The molecule has 5 rings (SSSR count). The number of nitrogens with zero attached hydrogens (tertiary/aromatic N) is 1. The topological polar surface area (TPSA) is 83.4 Å². The van der Waals surface area contributed by atoms with Crippen LogP contribution in [0.4, 0.5) is 10.1 Å². The van der Waals surface area contributed by atoms with Crippen LogP contribution in [0.5, 0.6) is 0 Å². The Bertz CT molecular complexity index is 1140. The lowest BCUT2D eigenvalue weighted by molar-refractivity contribution is -0.137. The highest BCUT2D eigenvalue weighted by Gasteiger charge is 2.33. The van der Waals surface area contributed by atoms with Crippen LogP contribution in [0.2, 0.25) is 0 Å². The molecule has 2 aromatic carbocycles. The number of anilines is 1. The van der Waals surface area contributed by atoms with E-state index in [2.05, 4.69) is 10.6 Å². The molecule has 1 aliphatic carbocycles. The van der Waals surface area contributed by atoms with Gasteiger partial charge < -0.3 is 20.3 Å². The molecule has 2 atom stereocenters. The van der Waals surface area contributed by atoms with Gasteiger partial charge in [0.15, 0.2) is 0 Å². The van der Waals surface area contributed by atoms with Gasteiger partial charge in [0, 0.05) is 28.7 Å². The van der Waals surface area contributed by atoms with Crippen LogP contribution >= 0.6 is 0 Å². The van der Waals surface area contributed by atoms with Crippen molar-refractivity contribution in [1.29, 1.82) is 0 Å². The first-order valence-electron chi connectivity index (χ1n) is 10.2. The number of aryl methyl sites for hydroxylation is 1. The van der Waals surface area contributed by atoms with Crippen molar-refractivity contribution in [1.82, 2.24) is 9.88 Å². The number of rotatable bonds is 4. The summed E-state index contributed by atoms with van der Waals surface area (Å²) in [7, 11) is 0. The second-order valence-electron chi connectivity index (χ2n) is 8.02. The van der Waals surface area contributed by atoms with Crippen LogP contribution in [0.1, 0.15) is 35.7 Å². The van der Waals surface area contributed by atoms with Crippen LogP contribution in [0.25, 0.3) is 10.9 Å². The van der Waals surface area contributed by atoms with Crippen molar-refractivity contribution < 1.29 is 19.1 Å². The second kappa shape index (κ2) is 7.16. The molecule has 1 aliphatic heterocycles. The number of fused-ring (bicyclic) bond motifs is 4. The Balaban J connectivity index is 1.48. The minimum Gasteiger partial charge on any atom is -0.480 e. The molecule has 0 fully saturated rings. The van der Waals surface area contributed by atoms with Crippen molar-refractivity contribution in [3.05, 3.63) is 65.1 Å². The van der Waals surface area contributed by atoms with E-state index in [9.17, 15) is 19.1 Å². The fourth-order valence-electron chi connectivity index (χ4n) is 4.87. The molecule has 0 radical (unpaired) electrons. The molecule has 3 N–H and O–H groups in total. The van der Waals surface area contributed by atoms with Crippen molar-refractivity contribution in [2.75, 3.05) is 5.32 Å². The largest absolute Gasteiger partial charge is 0.480 e. The maximum atomic E-state index is 13.9. The minimum absolute atomic E-state index is 0.109. The quantitative estimate of drug-likeness (QED) is 0.619. The molecule has 0 spiro atoms. The zero-order valence-corrected chi connectivity index (χ0v) is 16.3. The number of benzene rings is 2. The summed E-state index contributed by atoms with van der Waals surface area (Å²) in [5, 5.41) is 16.6. The van der Waals surface area contributed by atoms with Crippen molar-refractivity contribution in [2.45, 2.75) is 44.3 Å². The van der Waals surface area contributed by atoms with E-state index >= 15 is 0 Å². The number of carbonyl (C=O) groups is 2. The predicted octanol–water partition coefficient (Wildman–Crippen LogP) is 3.40. The van der Waals surface area contributed by atoms with Crippen LogP contribution < -0.4 is 10.6 Å². The summed E-state index contributed by atoms with van der Waals surface area (Å²) in [6, 6.07) is 11.6. The summed E-state index contributed by atoms with van der Waals surface area (Å²) < 4.78 is 15.6. The summed E-state index contributed by atoms with van der Waals surface area (Å²) in [6.07, 6.45) is 2.92. The first-order chi connectivity index (χ1) is 14.5. The first kappa shape index (κ1) is 18.7. The molecule has 2 aliphatic rings. The van der Waals surface area contributed by atoms with Crippen molar-refractivity contribution in [2.24, 2.45) is 0 Å². The van der Waals surface area contributed by atoms with Crippen LogP contribution in [-0.4, -0.2) is 27.6 Å². The normalized spacial score (nSPS) is 19.8. The number of hydrogen-bond donors (Lipinski definition) is 3. The molecular weight excluding hydrogens is 385 g/mol. The van der Waals surface area contributed by atoms with Gasteiger partial charge in [-0.05, 0) is 54.7 Å². The maximum absolute atomic E-state index is 13.9. The molecular formula is C23H22FN3O3. The number of aliphatic carboxylic acids is 1. The van der Waals surface area contributed by atoms with Crippen molar-refractivity contribution in [3.8, 4) is 0 Å². The molecule has 154 valence electrons. The van der Waals surface area contributed by atoms with Gasteiger partial charge >= 0.3 is 5.97 Å². The van der Waals surface area contributed by atoms with Crippen LogP contribution in [0.3, 0.4) is 0 Å². The Morgan fingerprint density at radius 2 is 2.07 bits per heavy atom. The molecule has 1 aromatic heterocycles. The van der Waals surface area contributed by atoms with Gasteiger partial charge in [0.2, 0.25) is 5.91 Å². The smallest absolute Gasteiger partial charge is 0.323 e. The standard InChI is InChI=1S/C23H22FN3O3/c24-14-8-9-20-16(11-14)15-5-3-7-18(22(15)27(20)12-21(28)29)26-23(30)19-10-13-4-1-2-6-17(13)25-19/h1-2,4,6,8-9,11,18-19,25H,3,5,7,10,12H2,(H,26,30)(H,28,29). The minimum atomic E-state index is -0.970. The van der Waals surface area contributed by atoms with Gasteiger partial charge in [0.25, 0.3) is 0 Å². The second-order valence-corrected chi connectivity index (χ2v) is 8.02. The third-order valence-corrected chi connectivity index (χ3v) is 6.12. The maximum Gasteiger partial charge on any atom is 0.323 e. The summed E-state index contributed by atoms with van der Waals surface area (Å²) in [6.45, 7) is -0.225. The number of carboxylic acids is 1. The Hall–Kier alpha value is -3.35. The van der Waals surface area contributed by atoms with Gasteiger partial charge in [0.05, 0.1) is 6.04 Å². The van der Waals surface area contributed by atoms with E-state index in [0.717, 1.165) is 47.2 Å². The molecule has 3 aromatic rings. The molecule has 0 saturated heterocycles. The molecule has 0 bridgehead atoms. The Labute approximate surface area is 172 Å². The monoisotopic (exact) mass is 407 g/mol. The molecule has 30 heavy (non-hydrogen) atoms. The summed E-state index contributed by atoms with van der Waals surface area (Å²) in [5.41, 5.74) is 4.49. The molecule has 1 amide bonds. The Kier molecular flexibility index (Phi) is 4.46. The fourth-order valence-corrected chi connectivity index (χ4v) is 4.87. The molecule has 6 nitrogen and oxygen atoms in total. The van der Waals surface area contributed by atoms with Gasteiger partial charge in [-0.25, -0.2) is 4.39 Å². The average molecular weight is 407 g/mol. The number of halogens is 1. The van der Waals surface area contributed by atoms with Gasteiger partial charge in [-0.15, -0.1) is 0 Å². The molecule has 7 heteroatoms. The SMILES string of the molecule is O=C(O)Cn1c2c(c3cc(F)ccc31)CCCC2NC(=O)C1Cc2ccccc2N1. The van der Waals surface area contributed by atoms with E-state index in [1.165, 1.54) is 12.1 Å². The third kappa shape index (κ3) is 3.10. The van der Waals surface area contributed by atoms with Crippen LogP contribution in [0.15, 0.2) is 42.5 Å². The van der Waals surface area contributed by atoms with Crippen LogP contribution in [0, 0.1) is 5.82 Å². The number of hydrogen-bond acceptors (Lipinski definition) is 3. The van der Waals surface area contributed by atoms with Gasteiger partial charge in [-0.1, -0.05) is 18.2 Å². The number of carboxylic acid groups (broad SMARTS) is 1. The van der Waals surface area contributed by atoms with E-state index < -0.39 is 5.97 Å². The van der Waals surface area contributed by atoms with Crippen molar-refractivity contribution >= 4 is 28.5 Å². The highest BCUT2D eigenvalue weighted by Crippen LogP contribution is 2.38. The lowest BCUT2D eigenvalue weighted by Crippen LogP contribution is -2.42. The average Bonchev–Trinajstić information content (AvgIpc) is 3.28. The predicted molar refractivity (Wildman–Crippen MR) is 111 cm³/mol. The lowest BCUT2D eigenvalue weighted by Gasteiger charge is -2.27. The van der Waals surface area contributed by atoms with E-state index in [-0.39, 0.29) is 30.4 Å². The number of aromatic nitrogens is 1. The summed E-state index contributed by atoms with van der Waals surface area (Å²) in [4.78, 5) is 24.6. The van der Waals surface area contributed by atoms with E-state index in [1.807, 2.05) is 24.3 Å². The Morgan fingerprint density at radius 3 is 2.87 bits per heavy atom. The first-order valence-corrected chi connectivity index (χ1v) is 10.2. The van der Waals surface area contributed by atoms with E-state index in [4.69, 9.17) is 0 Å². The number of amides is 1. The van der Waals surface area contributed by atoms with Gasteiger partial charge in [-0.2, -0.15) is 0 Å². The van der Waals surface area contributed by atoms with Gasteiger partial charge in [0.1, 0.15) is 18.4 Å². The van der Waals surface area contributed by atoms with E-state index in [1.54, 1.807) is 10.6 Å². The lowest BCUT2D eigenvalue weighted by atomic mass is 9.91. The highest BCUT2D eigenvalue weighted by molar-refractivity contribution is 5.90. The van der Waals surface area contributed by atoms with Gasteiger partial charge in [-0.3, -0.25) is 9.59 Å². The van der Waals surface area contributed by atoms with E-state index in [0.29, 0.717) is 11.9 Å². The number of nitrogens with one attached hydrogen (secondary N) is 2. The summed E-state index contributed by atoms with van der Waals surface area (Å²) in [5.74, 6) is -1.43. The Morgan fingerprint density at radius 1 is 1.23 bits per heavy atom. The fraction of sp³-hybridized carbons (Fsp3) is 0.304. The molecule has 2 unspecified atom stereocenters. The summed E-state index contributed by atoms with van der Waals surface area (Å²) >= 11 is 0. The third-order valence-electron chi connectivity index (χ3n) is 6.12. The van der Waals surface area contributed by atoms with Crippen LogP contribution in [-0.2, 0) is 29.0 Å². The number of carbonyl (C=O) groups excluding carboxylic acids is 1. The number of para-hydroxylation sites is 1. The zero-order chi connectivity index (χ0) is 20.8. The highest BCUT2D eigenvalue weighted by atomic mass is 19.1. The molecule has 2 heterocycles.